The van der Waals surface area contributed by atoms with Gasteiger partial charge < -0.3 is 0 Å². The molecular weight excluding hydrogens is 204 g/mol. The zero-order valence-corrected chi connectivity index (χ0v) is 14.1. The van der Waals surface area contributed by atoms with Crippen LogP contribution < -0.4 is 0 Å². The molecule has 0 spiro atoms. The highest BCUT2D eigenvalue weighted by Gasteiger charge is 2.54. The van der Waals surface area contributed by atoms with Crippen LogP contribution in [-0.4, -0.2) is 0 Å². The SMILES string of the molecule is CCC(C)(C)C(C)(C)C(C)(CC)C(C)(C)CC. The van der Waals surface area contributed by atoms with Gasteiger partial charge >= 0.3 is 0 Å². The van der Waals surface area contributed by atoms with E-state index >= 15 is 0 Å². The molecule has 0 nitrogen and oxygen atoms in total. The van der Waals surface area contributed by atoms with Crippen molar-refractivity contribution in [1.29, 1.82) is 0 Å². The van der Waals surface area contributed by atoms with Crippen molar-refractivity contribution in [3.8, 4) is 0 Å². The van der Waals surface area contributed by atoms with Gasteiger partial charge in [0, 0.05) is 0 Å². The van der Waals surface area contributed by atoms with E-state index in [0.29, 0.717) is 21.7 Å². The first kappa shape index (κ1) is 17.0. The predicted octanol–water partition coefficient (Wildman–Crippen LogP) is 6.30. The fourth-order valence-electron chi connectivity index (χ4n) is 3.35. The molecule has 0 saturated heterocycles. The van der Waals surface area contributed by atoms with Gasteiger partial charge in [-0.3, -0.25) is 0 Å². The van der Waals surface area contributed by atoms with Crippen molar-refractivity contribution in [3.05, 3.63) is 0 Å². The Morgan fingerprint density at radius 3 is 1.12 bits per heavy atom. The van der Waals surface area contributed by atoms with Crippen LogP contribution in [0, 0.1) is 21.7 Å². The van der Waals surface area contributed by atoms with Gasteiger partial charge in [0.05, 0.1) is 0 Å². The lowest BCUT2D eigenvalue weighted by molar-refractivity contribution is -0.112. The van der Waals surface area contributed by atoms with Crippen LogP contribution in [0.15, 0.2) is 0 Å². The minimum Gasteiger partial charge on any atom is -0.0649 e. The Morgan fingerprint density at radius 2 is 0.882 bits per heavy atom. The van der Waals surface area contributed by atoms with E-state index in [-0.39, 0.29) is 0 Å². The van der Waals surface area contributed by atoms with E-state index in [9.17, 15) is 0 Å². The third kappa shape index (κ3) is 2.42. The monoisotopic (exact) mass is 240 g/mol. The van der Waals surface area contributed by atoms with Crippen LogP contribution in [0.1, 0.15) is 88.5 Å². The quantitative estimate of drug-likeness (QED) is 0.511. The summed E-state index contributed by atoms with van der Waals surface area (Å²) >= 11 is 0. The molecule has 0 heteroatoms. The Morgan fingerprint density at radius 1 is 0.529 bits per heavy atom. The molecule has 0 aliphatic heterocycles. The fourth-order valence-corrected chi connectivity index (χ4v) is 3.35. The standard InChI is InChI=1S/C17H36/c1-11-14(4,5)16(8,9)17(10,13-3)15(6,7)12-2/h11-13H2,1-10H3. The van der Waals surface area contributed by atoms with Crippen LogP contribution in [0.3, 0.4) is 0 Å². The van der Waals surface area contributed by atoms with Crippen molar-refractivity contribution in [2.45, 2.75) is 88.5 Å². The van der Waals surface area contributed by atoms with Crippen molar-refractivity contribution in [2.24, 2.45) is 21.7 Å². The number of hydrogen-bond donors (Lipinski definition) is 0. The van der Waals surface area contributed by atoms with Gasteiger partial charge in [0.2, 0.25) is 0 Å². The van der Waals surface area contributed by atoms with Crippen LogP contribution in [0.5, 0.6) is 0 Å². The summed E-state index contributed by atoms with van der Waals surface area (Å²) in [4.78, 5) is 0. The first-order valence-corrected chi connectivity index (χ1v) is 7.43. The first-order chi connectivity index (χ1) is 7.43. The molecule has 104 valence electrons. The summed E-state index contributed by atoms with van der Waals surface area (Å²) in [6, 6.07) is 0. The second-order valence-electron chi connectivity index (χ2n) is 7.79. The molecule has 0 rings (SSSR count). The third-order valence-corrected chi connectivity index (χ3v) is 7.04. The van der Waals surface area contributed by atoms with Gasteiger partial charge in [0.15, 0.2) is 0 Å². The van der Waals surface area contributed by atoms with Crippen LogP contribution in [0.25, 0.3) is 0 Å². The van der Waals surface area contributed by atoms with Crippen molar-refractivity contribution < 1.29 is 0 Å². The summed E-state index contributed by atoms with van der Waals surface area (Å²) < 4.78 is 0. The van der Waals surface area contributed by atoms with Crippen molar-refractivity contribution in [2.75, 3.05) is 0 Å². The van der Waals surface area contributed by atoms with Crippen LogP contribution in [-0.2, 0) is 0 Å². The lowest BCUT2D eigenvalue weighted by Gasteiger charge is -2.60. The third-order valence-electron chi connectivity index (χ3n) is 7.04. The van der Waals surface area contributed by atoms with Gasteiger partial charge in [0.25, 0.3) is 0 Å². The average Bonchev–Trinajstić information content (AvgIpc) is 2.26. The maximum atomic E-state index is 2.51. The fraction of sp³-hybridized carbons (Fsp3) is 1.00. The summed E-state index contributed by atoms with van der Waals surface area (Å²) in [5, 5.41) is 0. The molecule has 0 aromatic heterocycles. The Balaban J connectivity index is 5.68. The maximum absolute atomic E-state index is 2.51. The highest BCUT2D eigenvalue weighted by molar-refractivity contribution is 5.03. The maximum Gasteiger partial charge on any atom is -0.0221 e. The molecule has 0 bridgehead atoms. The summed E-state index contributed by atoms with van der Waals surface area (Å²) in [5.74, 6) is 0. The topological polar surface area (TPSA) is 0 Å². The van der Waals surface area contributed by atoms with E-state index in [1.165, 1.54) is 19.3 Å². The van der Waals surface area contributed by atoms with Gasteiger partial charge in [-0.1, -0.05) is 82.1 Å². The second kappa shape index (κ2) is 4.94. The van der Waals surface area contributed by atoms with Crippen LogP contribution >= 0.6 is 0 Å². The molecule has 0 N–H and O–H groups in total. The largest absolute Gasteiger partial charge is 0.0649 e. The lowest BCUT2D eigenvalue weighted by Crippen LogP contribution is -2.52. The molecule has 0 fully saturated rings. The van der Waals surface area contributed by atoms with Gasteiger partial charge in [0.1, 0.15) is 0 Å². The Kier molecular flexibility index (Phi) is 4.94. The van der Waals surface area contributed by atoms with E-state index in [1.54, 1.807) is 0 Å². The minimum atomic E-state index is 0.336. The molecule has 1 unspecified atom stereocenters. The molecular formula is C17H36. The van der Waals surface area contributed by atoms with Crippen molar-refractivity contribution >= 4 is 0 Å². The van der Waals surface area contributed by atoms with Gasteiger partial charge in [-0.15, -0.1) is 0 Å². The molecule has 0 amide bonds. The van der Waals surface area contributed by atoms with E-state index in [4.69, 9.17) is 0 Å². The molecule has 0 aliphatic carbocycles. The minimum absolute atomic E-state index is 0.336. The Labute approximate surface area is 111 Å². The number of hydrogen-bond acceptors (Lipinski definition) is 0. The van der Waals surface area contributed by atoms with Crippen molar-refractivity contribution in [3.63, 3.8) is 0 Å². The molecule has 0 saturated carbocycles. The molecule has 0 aliphatic rings. The summed E-state index contributed by atoms with van der Waals surface area (Å²) in [6.45, 7) is 24.3. The Hall–Kier alpha value is 0. The van der Waals surface area contributed by atoms with E-state index in [1.807, 2.05) is 0 Å². The van der Waals surface area contributed by atoms with Crippen LogP contribution in [0.2, 0.25) is 0 Å². The molecule has 1 atom stereocenters. The van der Waals surface area contributed by atoms with Gasteiger partial charge in [-0.2, -0.15) is 0 Å². The van der Waals surface area contributed by atoms with E-state index < -0.39 is 0 Å². The van der Waals surface area contributed by atoms with E-state index in [2.05, 4.69) is 69.2 Å². The van der Waals surface area contributed by atoms with E-state index in [0.717, 1.165) is 0 Å². The smallest absolute Gasteiger partial charge is 0.0221 e. The zero-order chi connectivity index (χ0) is 14.1. The van der Waals surface area contributed by atoms with Crippen molar-refractivity contribution in [1.82, 2.24) is 0 Å². The summed E-state index contributed by atoms with van der Waals surface area (Å²) in [7, 11) is 0. The molecule has 0 radical (unpaired) electrons. The molecule has 0 aromatic carbocycles. The zero-order valence-electron chi connectivity index (χ0n) is 14.1. The predicted molar refractivity (Wildman–Crippen MR) is 80.3 cm³/mol. The summed E-state index contributed by atoms with van der Waals surface area (Å²) in [5.41, 5.74) is 1.47. The highest BCUT2D eigenvalue weighted by Crippen LogP contribution is 2.62. The normalized spacial score (nSPS) is 18.0. The summed E-state index contributed by atoms with van der Waals surface area (Å²) in [6.07, 6.45) is 3.75. The van der Waals surface area contributed by atoms with Gasteiger partial charge in [-0.05, 0) is 28.1 Å². The van der Waals surface area contributed by atoms with Gasteiger partial charge in [-0.25, -0.2) is 0 Å². The Bertz CT molecular complexity index is 245. The lowest BCUT2D eigenvalue weighted by atomic mass is 9.45. The highest BCUT2D eigenvalue weighted by atomic mass is 14.6. The first-order valence-electron chi connectivity index (χ1n) is 7.43. The molecule has 17 heavy (non-hydrogen) atoms. The average molecular weight is 240 g/mol. The second-order valence-corrected chi connectivity index (χ2v) is 7.79. The molecule has 0 aromatic rings. The molecule has 0 heterocycles. The van der Waals surface area contributed by atoms with Crippen LogP contribution in [0.4, 0.5) is 0 Å². The number of rotatable bonds is 6.